The fraction of sp³-hybridized carbons (Fsp3) is 0.783. The van der Waals surface area contributed by atoms with Gasteiger partial charge >= 0.3 is 18.2 Å². The van der Waals surface area contributed by atoms with Gasteiger partial charge in [0.05, 0.1) is 6.04 Å². The topological polar surface area (TPSA) is 151 Å². The summed E-state index contributed by atoms with van der Waals surface area (Å²) in [7, 11) is 0. The van der Waals surface area contributed by atoms with Crippen molar-refractivity contribution in [3.05, 3.63) is 11.8 Å². The van der Waals surface area contributed by atoms with E-state index in [2.05, 4.69) is 15.5 Å². The molecule has 3 heterocycles. The van der Waals surface area contributed by atoms with E-state index in [4.69, 9.17) is 13.9 Å². The molecule has 0 spiro atoms. The molecule has 2 aliphatic heterocycles. The highest BCUT2D eigenvalue weighted by molar-refractivity contribution is 5.76. The Morgan fingerprint density at radius 1 is 1.11 bits per heavy atom. The van der Waals surface area contributed by atoms with Crippen LogP contribution in [-0.2, 0) is 16.0 Å². The number of nitrogens with one attached hydrogen (secondary N) is 1. The SMILES string of the molecule is CC(C)(C)OC(=O)NC1CC(N(Cc2nnc([C@@H]3CC[C@H]4CN3C(=O)N4O)o2)C(=O)OC(C)(C)C)C1. The number of fused-ring (bicyclic) bond motifs is 2. The van der Waals surface area contributed by atoms with Crippen LogP contribution in [-0.4, -0.2) is 84.4 Å². The Balaban J connectivity index is 1.41. The number of urea groups is 1. The van der Waals surface area contributed by atoms with Crippen LogP contribution in [0, 0.1) is 0 Å². The van der Waals surface area contributed by atoms with E-state index in [0.29, 0.717) is 32.2 Å². The number of hydrogen-bond donors (Lipinski definition) is 2. The summed E-state index contributed by atoms with van der Waals surface area (Å²) in [6.07, 6.45) is 1.25. The lowest BCUT2D eigenvalue weighted by molar-refractivity contribution is -0.0584. The number of rotatable bonds is 5. The fourth-order valence-electron chi connectivity index (χ4n) is 4.62. The first-order valence-corrected chi connectivity index (χ1v) is 12.3. The van der Waals surface area contributed by atoms with Gasteiger partial charge in [0, 0.05) is 18.6 Å². The highest BCUT2D eigenvalue weighted by atomic mass is 16.6. The smallest absolute Gasteiger partial charge is 0.411 e. The van der Waals surface area contributed by atoms with Crippen molar-refractivity contribution in [2.24, 2.45) is 0 Å². The maximum absolute atomic E-state index is 13.0. The first kappa shape index (κ1) is 26.0. The average molecular weight is 509 g/mol. The molecule has 200 valence electrons. The van der Waals surface area contributed by atoms with Crippen molar-refractivity contribution in [1.82, 2.24) is 30.4 Å². The number of hydroxylamine groups is 2. The van der Waals surface area contributed by atoms with Crippen LogP contribution in [0.4, 0.5) is 14.4 Å². The molecule has 0 radical (unpaired) electrons. The van der Waals surface area contributed by atoms with Gasteiger partial charge < -0.3 is 24.1 Å². The standard InChI is InChI=1S/C23H36N6O7/c1-22(2,3)35-19(30)24-13-9-15(10-13)27(21(32)36-23(4,5)6)12-17-25-26-18(34-17)16-8-7-14-11-28(16)20(31)29(14)33/h13-16,33H,7-12H2,1-6H3,(H,24,30)/t13?,14-,15?,16-/m0/s1. The molecule has 4 amide bonds. The molecular weight excluding hydrogens is 472 g/mol. The van der Waals surface area contributed by atoms with Gasteiger partial charge in [0.25, 0.3) is 0 Å². The van der Waals surface area contributed by atoms with Crippen molar-refractivity contribution in [2.75, 3.05) is 6.54 Å². The van der Waals surface area contributed by atoms with Gasteiger partial charge in [0.2, 0.25) is 11.8 Å². The van der Waals surface area contributed by atoms with E-state index >= 15 is 0 Å². The van der Waals surface area contributed by atoms with Gasteiger partial charge in [-0.15, -0.1) is 10.2 Å². The molecule has 13 heteroatoms. The highest BCUT2D eigenvalue weighted by Gasteiger charge is 2.47. The Labute approximate surface area is 210 Å². The summed E-state index contributed by atoms with van der Waals surface area (Å²) in [5.41, 5.74) is -1.29. The summed E-state index contributed by atoms with van der Waals surface area (Å²) in [6, 6.07) is -1.46. The molecule has 1 saturated carbocycles. The van der Waals surface area contributed by atoms with Gasteiger partial charge in [-0.25, -0.2) is 19.4 Å². The van der Waals surface area contributed by atoms with Gasteiger partial charge in [0.1, 0.15) is 23.8 Å². The lowest BCUT2D eigenvalue weighted by atomic mass is 9.85. The molecule has 36 heavy (non-hydrogen) atoms. The zero-order valence-electron chi connectivity index (χ0n) is 21.7. The van der Waals surface area contributed by atoms with Crippen molar-refractivity contribution < 1.29 is 33.5 Å². The zero-order valence-corrected chi connectivity index (χ0v) is 21.7. The maximum Gasteiger partial charge on any atom is 0.411 e. The van der Waals surface area contributed by atoms with Crippen LogP contribution >= 0.6 is 0 Å². The highest BCUT2D eigenvalue weighted by Crippen LogP contribution is 2.37. The fourth-order valence-corrected chi connectivity index (χ4v) is 4.62. The monoisotopic (exact) mass is 508 g/mol. The molecule has 1 aliphatic carbocycles. The third kappa shape index (κ3) is 5.82. The van der Waals surface area contributed by atoms with E-state index in [1.54, 1.807) is 41.5 Å². The molecule has 2 atom stereocenters. The van der Waals surface area contributed by atoms with E-state index in [9.17, 15) is 19.6 Å². The van der Waals surface area contributed by atoms with E-state index in [1.165, 1.54) is 9.80 Å². The lowest BCUT2D eigenvalue weighted by Gasteiger charge is -2.42. The zero-order chi connectivity index (χ0) is 26.4. The second-order valence-electron chi connectivity index (χ2n) is 11.6. The number of hydrogen-bond acceptors (Lipinski definition) is 9. The Hall–Kier alpha value is -3.09. The summed E-state index contributed by atoms with van der Waals surface area (Å²) < 4.78 is 16.8. The van der Waals surface area contributed by atoms with Gasteiger partial charge in [0.15, 0.2) is 0 Å². The molecule has 13 nitrogen and oxygen atoms in total. The van der Waals surface area contributed by atoms with Crippen LogP contribution in [0.15, 0.2) is 4.42 Å². The number of piperidine rings is 1. The van der Waals surface area contributed by atoms with Gasteiger partial charge in [-0.05, 0) is 67.2 Å². The number of aromatic nitrogens is 2. The Bertz CT molecular complexity index is 994. The summed E-state index contributed by atoms with van der Waals surface area (Å²) in [5, 5.41) is 21.8. The third-order valence-electron chi connectivity index (χ3n) is 6.32. The second-order valence-corrected chi connectivity index (χ2v) is 11.6. The minimum atomic E-state index is -0.696. The van der Waals surface area contributed by atoms with Crippen molar-refractivity contribution in [1.29, 1.82) is 0 Å². The van der Waals surface area contributed by atoms with Gasteiger partial charge in [-0.2, -0.15) is 0 Å². The summed E-state index contributed by atoms with van der Waals surface area (Å²) >= 11 is 0. The summed E-state index contributed by atoms with van der Waals surface area (Å²) in [5.74, 6) is 0.489. The number of carbonyl (C=O) groups is 3. The van der Waals surface area contributed by atoms with Crippen LogP contribution in [0.3, 0.4) is 0 Å². The molecule has 1 aromatic rings. The van der Waals surface area contributed by atoms with E-state index < -0.39 is 35.5 Å². The minimum Gasteiger partial charge on any atom is -0.444 e. The molecule has 2 N–H and O–H groups in total. The maximum atomic E-state index is 13.0. The molecule has 1 aromatic heterocycles. The van der Waals surface area contributed by atoms with Crippen molar-refractivity contribution in [2.45, 2.75) is 109 Å². The summed E-state index contributed by atoms with van der Waals surface area (Å²) in [4.78, 5) is 40.5. The minimum absolute atomic E-state index is 0.0289. The lowest BCUT2D eigenvalue weighted by Crippen LogP contribution is -2.56. The van der Waals surface area contributed by atoms with E-state index in [1.807, 2.05) is 0 Å². The summed E-state index contributed by atoms with van der Waals surface area (Å²) in [6.45, 7) is 11.2. The molecule has 2 saturated heterocycles. The van der Waals surface area contributed by atoms with Crippen molar-refractivity contribution in [3.63, 3.8) is 0 Å². The van der Waals surface area contributed by atoms with Gasteiger partial charge in [-0.3, -0.25) is 10.1 Å². The molecule has 3 aliphatic rings. The van der Waals surface area contributed by atoms with Crippen molar-refractivity contribution >= 4 is 18.2 Å². The quantitative estimate of drug-likeness (QED) is 0.571. The van der Waals surface area contributed by atoms with Crippen LogP contribution in [0.5, 0.6) is 0 Å². The molecule has 4 rings (SSSR count). The Morgan fingerprint density at radius 2 is 1.78 bits per heavy atom. The molecule has 2 bridgehead atoms. The molecule has 3 fully saturated rings. The van der Waals surface area contributed by atoms with Gasteiger partial charge in [-0.1, -0.05) is 0 Å². The number of carbonyl (C=O) groups excluding carboxylic acids is 3. The first-order chi connectivity index (χ1) is 16.7. The number of ether oxygens (including phenoxy) is 2. The van der Waals surface area contributed by atoms with Crippen molar-refractivity contribution in [3.8, 4) is 0 Å². The number of nitrogens with zero attached hydrogens (tertiary/aromatic N) is 5. The Kier molecular flexibility index (Phi) is 6.80. The predicted molar refractivity (Wildman–Crippen MR) is 124 cm³/mol. The van der Waals surface area contributed by atoms with Crippen LogP contribution < -0.4 is 5.32 Å². The van der Waals surface area contributed by atoms with Crippen LogP contribution in [0.1, 0.15) is 85.0 Å². The van der Waals surface area contributed by atoms with E-state index in [-0.39, 0.29) is 36.5 Å². The first-order valence-electron chi connectivity index (χ1n) is 12.3. The Morgan fingerprint density at radius 3 is 2.42 bits per heavy atom. The number of amides is 4. The third-order valence-corrected chi connectivity index (χ3v) is 6.32. The second kappa shape index (κ2) is 9.41. The predicted octanol–water partition coefficient (Wildman–Crippen LogP) is 3.19. The number of alkyl carbamates (subject to hydrolysis) is 1. The average Bonchev–Trinajstić information content (AvgIpc) is 3.26. The van der Waals surface area contributed by atoms with Crippen LogP contribution in [0.2, 0.25) is 0 Å². The molecule has 0 unspecified atom stereocenters. The molecule has 0 aromatic carbocycles. The normalized spacial score (nSPS) is 25.9. The van der Waals surface area contributed by atoms with Crippen LogP contribution in [0.25, 0.3) is 0 Å². The largest absolute Gasteiger partial charge is 0.444 e. The van der Waals surface area contributed by atoms with E-state index in [0.717, 1.165) is 5.06 Å². The molecular formula is C23H36N6O7.